The number of rotatable bonds is 1. The first-order valence-electron chi connectivity index (χ1n) is 5.96. The van der Waals surface area contributed by atoms with Crippen molar-refractivity contribution in [3.63, 3.8) is 0 Å². The second kappa shape index (κ2) is 4.82. The van der Waals surface area contributed by atoms with E-state index in [9.17, 15) is 14.0 Å². The second-order valence-corrected chi connectivity index (χ2v) is 5.84. The van der Waals surface area contributed by atoms with Crippen LogP contribution in [-0.4, -0.2) is 15.6 Å². The zero-order valence-electron chi connectivity index (χ0n) is 11.3. The second-order valence-electron chi connectivity index (χ2n) is 5.45. The van der Waals surface area contributed by atoms with Gasteiger partial charge < -0.3 is 4.98 Å². The van der Waals surface area contributed by atoms with Crippen molar-refractivity contribution >= 4 is 29.0 Å². The van der Waals surface area contributed by atoms with Crippen LogP contribution < -0.4 is 11.0 Å². The highest BCUT2D eigenvalue weighted by Gasteiger charge is 2.22. The molecule has 1 aromatic carbocycles. The van der Waals surface area contributed by atoms with Crippen molar-refractivity contribution in [1.29, 1.82) is 0 Å². The van der Waals surface area contributed by atoms with E-state index in [0.717, 1.165) is 10.7 Å². The summed E-state index contributed by atoms with van der Waals surface area (Å²) >= 11 is 5.04. The van der Waals surface area contributed by atoms with Crippen molar-refractivity contribution in [2.75, 3.05) is 5.43 Å². The lowest BCUT2D eigenvalue weighted by Gasteiger charge is -2.18. The van der Waals surface area contributed by atoms with Crippen LogP contribution in [0.15, 0.2) is 23.0 Å². The Labute approximate surface area is 119 Å². The Morgan fingerprint density at radius 2 is 2.05 bits per heavy atom. The van der Waals surface area contributed by atoms with Crippen molar-refractivity contribution in [2.45, 2.75) is 20.8 Å². The first-order valence-corrected chi connectivity index (χ1v) is 6.37. The van der Waals surface area contributed by atoms with Crippen LogP contribution in [0.25, 0.3) is 10.9 Å². The van der Waals surface area contributed by atoms with Crippen LogP contribution in [-0.2, 0) is 4.79 Å². The van der Waals surface area contributed by atoms with Gasteiger partial charge in [0.25, 0.3) is 5.56 Å². The van der Waals surface area contributed by atoms with E-state index in [4.69, 9.17) is 12.2 Å². The number of nitrogens with one attached hydrogen (secondary N) is 2. The molecule has 0 saturated carbocycles. The van der Waals surface area contributed by atoms with Gasteiger partial charge in [-0.2, -0.15) is 4.68 Å². The van der Waals surface area contributed by atoms with Gasteiger partial charge in [0.2, 0.25) is 5.91 Å². The molecular formula is C13H14FN3O2S. The summed E-state index contributed by atoms with van der Waals surface area (Å²) in [5.74, 6) is -0.899. The predicted octanol–water partition coefficient (Wildman–Crippen LogP) is 2.31. The van der Waals surface area contributed by atoms with Gasteiger partial charge in [-0.25, -0.2) is 4.39 Å². The Bertz CT molecular complexity index is 802. The molecule has 1 aromatic heterocycles. The fraction of sp³-hybridized carbons (Fsp3) is 0.308. The average Bonchev–Trinajstić information content (AvgIpc) is 2.34. The van der Waals surface area contributed by atoms with Crippen LogP contribution in [0.5, 0.6) is 0 Å². The first-order chi connectivity index (χ1) is 9.20. The number of benzene rings is 1. The lowest BCUT2D eigenvalue weighted by Crippen LogP contribution is -2.39. The molecule has 0 fully saturated rings. The Kier molecular flexibility index (Phi) is 3.47. The molecule has 1 amide bonds. The van der Waals surface area contributed by atoms with Crippen LogP contribution in [0.2, 0.25) is 0 Å². The smallest absolute Gasteiger partial charge is 0.281 e. The van der Waals surface area contributed by atoms with Crippen LogP contribution in [0.1, 0.15) is 20.8 Å². The van der Waals surface area contributed by atoms with E-state index >= 15 is 0 Å². The predicted molar refractivity (Wildman–Crippen MR) is 77.2 cm³/mol. The molecule has 106 valence electrons. The fourth-order valence-electron chi connectivity index (χ4n) is 1.56. The molecule has 2 N–H and O–H groups in total. The van der Waals surface area contributed by atoms with Crippen LogP contribution in [0, 0.1) is 16.0 Å². The minimum absolute atomic E-state index is 0.0479. The molecule has 1 heterocycles. The Hall–Kier alpha value is -2.02. The van der Waals surface area contributed by atoms with E-state index in [1.165, 1.54) is 12.1 Å². The topological polar surface area (TPSA) is 66.9 Å². The lowest BCUT2D eigenvalue weighted by molar-refractivity contribution is -0.124. The van der Waals surface area contributed by atoms with E-state index in [1.807, 2.05) is 0 Å². The molecule has 0 saturated heterocycles. The van der Waals surface area contributed by atoms with Crippen molar-refractivity contribution in [2.24, 2.45) is 5.41 Å². The molecule has 0 aliphatic carbocycles. The number of H-pyrrole nitrogens is 1. The number of hydrogen-bond donors (Lipinski definition) is 2. The molecule has 5 nitrogen and oxygen atoms in total. The molecule has 0 spiro atoms. The maximum atomic E-state index is 13.2. The van der Waals surface area contributed by atoms with Gasteiger partial charge in [0.05, 0.1) is 10.9 Å². The summed E-state index contributed by atoms with van der Waals surface area (Å²) in [7, 11) is 0. The van der Waals surface area contributed by atoms with Crippen molar-refractivity contribution in [3.05, 3.63) is 39.1 Å². The molecule has 0 aliphatic heterocycles. The van der Waals surface area contributed by atoms with E-state index in [1.54, 1.807) is 20.8 Å². The summed E-state index contributed by atoms with van der Waals surface area (Å²) in [6.45, 7) is 5.13. The molecule has 0 unspecified atom stereocenters. The molecule has 0 bridgehead atoms. The molecule has 20 heavy (non-hydrogen) atoms. The number of aromatic nitrogens is 2. The third-order valence-electron chi connectivity index (χ3n) is 2.75. The zero-order chi connectivity index (χ0) is 15.1. The molecule has 2 aromatic rings. The number of fused-ring (bicyclic) bond motifs is 1. The van der Waals surface area contributed by atoms with Gasteiger partial charge in [0.1, 0.15) is 5.82 Å². The van der Waals surface area contributed by atoms with Gasteiger partial charge in [-0.1, -0.05) is 20.8 Å². The van der Waals surface area contributed by atoms with Gasteiger partial charge in [-0.15, -0.1) is 0 Å². The van der Waals surface area contributed by atoms with E-state index in [2.05, 4.69) is 10.4 Å². The lowest BCUT2D eigenvalue weighted by atomic mass is 9.96. The standard InChI is InChI=1S/C13H14FN3O2S/c1-13(2,3)11(19)16-17-10(18)8-6-7(14)4-5-9(8)15-12(17)20/h4-6H,1-3H3,(H,15,20)(H,16,19). The summed E-state index contributed by atoms with van der Waals surface area (Å²) in [6.07, 6.45) is 0. The summed E-state index contributed by atoms with van der Waals surface area (Å²) in [5.41, 5.74) is 1.61. The number of hydrogen-bond acceptors (Lipinski definition) is 3. The maximum absolute atomic E-state index is 13.2. The molecule has 0 atom stereocenters. The first kappa shape index (κ1) is 14.4. The molecular weight excluding hydrogens is 281 g/mol. The van der Waals surface area contributed by atoms with Crippen molar-refractivity contribution in [1.82, 2.24) is 9.66 Å². The molecule has 2 rings (SSSR count). The van der Waals surface area contributed by atoms with Crippen LogP contribution in [0.3, 0.4) is 0 Å². The summed E-state index contributed by atoms with van der Waals surface area (Å²) in [6, 6.07) is 3.76. The number of carbonyl (C=O) groups excluding carboxylic acids is 1. The Morgan fingerprint density at radius 1 is 1.40 bits per heavy atom. The summed E-state index contributed by atoms with van der Waals surface area (Å²) in [5, 5.41) is 0.118. The summed E-state index contributed by atoms with van der Waals surface area (Å²) < 4.78 is 14.2. The minimum atomic E-state index is -0.682. The van der Waals surface area contributed by atoms with Crippen LogP contribution in [0.4, 0.5) is 4.39 Å². The largest absolute Gasteiger partial charge is 0.330 e. The van der Waals surface area contributed by atoms with Gasteiger partial charge in [0, 0.05) is 5.41 Å². The number of nitrogens with zero attached hydrogens (tertiary/aromatic N) is 1. The Morgan fingerprint density at radius 3 is 2.65 bits per heavy atom. The fourth-order valence-corrected chi connectivity index (χ4v) is 1.80. The number of amides is 1. The molecule has 0 aliphatic rings. The molecule has 0 radical (unpaired) electrons. The van der Waals surface area contributed by atoms with Crippen molar-refractivity contribution < 1.29 is 9.18 Å². The van der Waals surface area contributed by atoms with E-state index in [0.29, 0.717) is 5.52 Å². The highest BCUT2D eigenvalue weighted by molar-refractivity contribution is 7.71. The van der Waals surface area contributed by atoms with E-state index < -0.39 is 16.8 Å². The summed E-state index contributed by atoms with van der Waals surface area (Å²) in [4.78, 5) is 27.0. The third kappa shape index (κ3) is 2.62. The third-order valence-corrected chi connectivity index (χ3v) is 3.04. The monoisotopic (exact) mass is 295 g/mol. The average molecular weight is 295 g/mol. The molecule has 7 heteroatoms. The van der Waals surface area contributed by atoms with Crippen LogP contribution >= 0.6 is 12.2 Å². The maximum Gasteiger partial charge on any atom is 0.281 e. The normalized spacial score (nSPS) is 11.6. The van der Waals surface area contributed by atoms with Gasteiger partial charge in [-0.3, -0.25) is 15.0 Å². The SMILES string of the molecule is CC(C)(C)C(=O)Nn1c(=S)[nH]c2ccc(F)cc2c1=O. The van der Waals surface area contributed by atoms with Gasteiger partial charge >= 0.3 is 0 Å². The zero-order valence-corrected chi connectivity index (χ0v) is 12.1. The minimum Gasteiger partial charge on any atom is -0.330 e. The van der Waals surface area contributed by atoms with E-state index in [-0.39, 0.29) is 16.1 Å². The highest BCUT2D eigenvalue weighted by Crippen LogP contribution is 2.13. The quantitative estimate of drug-likeness (QED) is 0.793. The number of halogens is 1. The number of aromatic amines is 1. The number of carbonyl (C=O) groups is 1. The highest BCUT2D eigenvalue weighted by atomic mass is 32.1. The Balaban J connectivity index is 2.63. The van der Waals surface area contributed by atoms with Crippen molar-refractivity contribution in [3.8, 4) is 0 Å². The van der Waals surface area contributed by atoms with Gasteiger partial charge in [-0.05, 0) is 30.4 Å². The van der Waals surface area contributed by atoms with Gasteiger partial charge in [0.15, 0.2) is 4.77 Å².